The number of urea groups is 1. The lowest BCUT2D eigenvalue weighted by Gasteiger charge is -2.22. The summed E-state index contributed by atoms with van der Waals surface area (Å²) in [5, 5.41) is 12.9. The van der Waals surface area contributed by atoms with Crippen molar-refractivity contribution < 1.29 is 19.1 Å². The molecule has 0 radical (unpaired) electrons. The molecule has 0 fully saturated rings. The summed E-state index contributed by atoms with van der Waals surface area (Å²) in [5.41, 5.74) is 1.75. The number of amides is 2. The summed E-state index contributed by atoms with van der Waals surface area (Å²) in [6.45, 7) is 6.51. The van der Waals surface area contributed by atoms with Gasteiger partial charge in [0.05, 0.1) is 19.8 Å². The minimum atomic E-state index is -0.270. The van der Waals surface area contributed by atoms with Crippen LogP contribution in [-0.4, -0.2) is 42.8 Å². The summed E-state index contributed by atoms with van der Waals surface area (Å²) in [6, 6.07) is 5.15. The van der Waals surface area contributed by atoms with Crippen molar-refractivity contribution in [1.29, 1.82) is 0 Å². The van der Waals surface area contributed by atoms with Crippen molar-refractivity contribution in [3.63, 3.8) is 0 Å². The van der Waals surface area contributed by atoms with E-state index in [9.17, 15) is 4.79 Å². The van der Waals surface area contributed by atoms with Crippen LogP contribution in [0.5, 0.6) is 5.75 Å². The Labute approximate surface area is 136 Å². The van der Waals surface area contributed by atoms with Crippen molar-refractivity contribution in [3.8, 4) is 5.75 Å². The van der Waals surface area contributed by atoms with Crippen LogP contribution in [0.15, 0.2) is 22.6 Å². The number of fused-ring (bicyclic) bond motifs is 1. The Bertz CT molecular complexity index is 681. The first-order valence-corrected chi connectivity index (χ1v) is 7.75. The summed E-state index contributed by atoms with van der Waals surface area (Å²) < 4.78 is 11.1. The highest BCUT2D eigenvalue weighted by Gasteiger charge is 2.20. The molecule has 0 aliphatic carbocycles. The molecule has 6 heteroatoms. The molecule has 23 heavy (non-hydrogen) atoms. The van der Waals surface area contributed by atoms with Gasteiger partial charge < -0.3 is 24.5 Å². The second kappa shape index (κ2) is 7.37. The third-order valence-electron chi connectivity index (χ3n) is 3.95. The average molecular weight is 320 g/mol. The molecule has 2 N–H and O–H groups in total. The quantitative estimate of drug-likeness (QED) is 0.858. The lowest BCUT2D eigenvalue weighted by atomic mass is 10.1. The van der Waals surface area contributed by atoms with Gasteiger partial charge >= 0.3 is 6.03 Å². The Kier molecular flexibility index (Phi) is 5.50. The van der Waals surface area contributed by atoms with Gasteiger partial charge in [0, 0.05) is 24.0 Å². The Morgan fingerprint density at radius 1 is 1.48 bits per heavy atom. The van der Waals surface area contributed by atoms with Gasteiger partial charge in [-0.15, -0.1) is 0 Å². The van der Waals surface area contributed by atoms with Crippen molar-refractivity contribution in [3.05, 3.63) is 29.5 Å². The summed E-state index contributed by atoms with van der Waals surface area (Å²) in [6.07, 6.45) is 0. The average Bonchev–Trinajstić information content (AvgIpc) is 2.88. The number of carbonyl (C=O) groups is 1. The fraction of sp³-hybridized carbons (Fsp3) is 0.471. The Morgan fingerprint density at radius 3 is 2.83 bits per heavy atom. The standard InChI is InChI=1S/C17H24N2O4/c1-5-19(8-9-20)17(21)18-12(3)16-11(2)14-10-13(22-4)6-7-15(14)23-16/h6-7,10,12,20H,5,8-9H2,1-4H3,(H,18,21). The number of rotatable bonds is 6. The second-order valence-electron chi connectivity index (χ2n) is 5.43. The topological polar surface area (TPSA) is 74.9 Å². The lowest BCUT2D eigenvalue weighted by Crippen LogP contribution is -2.42. The third kappa shape index (κ3) is 3.59. The first-order valence-electron chi connectivity index (χ1n) is 7.75. The molecule has 2 aromatic rings. The molecule has 0 bridgehead atoms. The van der Waals surface area contributed by atoms with Gasteiger partial charge in [-0.3, -0.25) is 0 Å². The maximum Gasteiger partial charge on any atom is 0.318 e. The highest BCUT2D eigenvalue weighted by Crippen LogP contribution is 2.31. The first kappa shape index (κ1) is 17.1. The van der Waals surface area contributed by atoms with Crippen molar-refractivity contribution in [2.75, 3.05) is 26.8 Å². The Balaban J connectivity index is 2.22. The van der Waals surface area contributed by atoms with Crippen LogP contribution in [0.25, 0.3) is 11.0 Å². The van der Waals surface area contributed by atoms with Crippen molar-refractivity contribution in [2.45, 2.75) is 26.8 Å². The van der Waals surface area contributed by atoms with Crippen LogP contribution in [0, 0.1) is 6.92 Å². The summed E-state index contributed by atoms with van der Waals surface area (Å²) >= 11 is 0. The van der Waals surface area contributed by atoms with E-state index in [1.54, 1.807) is 12.0 Å². The van der Waals surface area contributed by atoms with Gasteiger partial charge in [0.15, 0.2) is 0 Å². The fourth-order valence-electron chi connectivity index (χ4n) is 2.63. The van der Waals surface area contributed by atoms with Crippen molar-refractivity contribution >= 4 is 17.0 Å². The van der Waals surface area contributed by atoms with Crippen LogP contribution in [0.3, 0.4) is 0 Å². The molecule has 2 amide bonds. The molecule has 1 heterocycles. The van der Waals surface area contributed by atoms with E-state index < -0.39 is 0 Å². The van der Waals surface area contributed by atoms with Crippen molar-refractivity contribution in [1.82, 2.24) is 10.2 Å². The number of methoxy groups -OCH3 is 1. The molecule has 1 aromatic heterocycles. The van der Waals surface area contributed by atoms with Gasteiger partial charge in [0.1, 0.15) is 17.1 Å². The maximum atomic E-state index is 12.2. The predicted molar refractivity (Wildman–Crippen MR) is 88.8 cm³/mol. The van der Waals surface area contributed by atoms with Crippen LogP contribution >= 0.6 is 0 Å². The molecule has 0 aliphatic rings. The zero-order chi connectivity index (χ0) is 17.0. The van der Waals surface area contributed by atoms with E-state index in [4.69, 9.17) is 14.3 Å². The van der Waals surface area contributed by atoms with Gasteiger partial charge in [-0.1, -0.05) is 0 Å². The van der Waals surface area contributed by atoms with E-state index in [-0.39, 0.29) is 18.7 Å². The minimum absolute atomic E-state index is 0.0564. The molecular weight excluding hydrogens is 296 g/mol. The number of nitrogens with one attached hydrogen (secondary N) is 1. The number of carbonyl (C=O) groups excluding carboxylic acids is 1. The molecule has 0 saturated carbocycles. The van der Waals surface area contributed by atoms with E-state index in [1.165, 1.54) is 0 Å². The highest BCUT2D eigenvalue weighted by molar-refractivity contribution is 5.84. The SMILES string of the molecule is CCN(CCO)C(=O)NC(C)c1oc2ccc(OC)cc2c1C. The number of ether oxygens (including phenoxy) is 1. The highest BCUT2D eigenvalue weighted by atomic mass is 16.5. The number of benzene rings is 1. The largest absolute Gasteiger partial charge is 0.497 e. The molecule has 0 aliphatic heterocycles. The molecule has 1 unspecified atom stereocenters. The lowest BCUT2D eigenvalue weighted by molar-refractivity contribution is 0.176. The molecule has 1 atom stereocenters. The number of aliphatic hydroxyl groups is 1. The van der Waals surface area contributed by atoms with E-state index >= 15 is 0 Å². The molecular formula is C17H24N2O4. The number of furan rings is 1. The van der Waals surface area contributed by atoms with Crippen LogP contribution < -0.4 is 10.1 Å². The smallest absolute Gasteiger partial charge is 0.318 e. The normalized spacial score (nSPS) is 12.2. The number of hydrogen-bond donors (Lipinski definition) is 2. The molecule has 0 spiro atoms. The summed E-state index contributed by atoms with van der Waals surface area (Å²) in [7, 11) is 1.63. The van der Waals surface area contributed by atoms with Gasteiger partial charge in [0.25, 0.3) is 0 Å². The predicted octanol–water partition coefficient (Wildman–Crippen LogP) is 2.83. The molecule has 2 rings (SSSR count). The minimum Gasteiger partial charge on any atom is -0.497 e. The van der Waals surface area contributed by atoms with E-state index in [1.807, 2.05) is 39.0 Å². The zero-order valence-electron chi connectivity index (χ0n) is 14.0. The Morgan fingerprint density at radius 2 is 2.22 bits per heavy atom. The van der Waals surface area contributed by atoms with Gasteiger partial charge in [-0.25, -0.2) is 4.79 Å². The number of nitrogens with zero attached hydrogens (tertiary/aromatic N) is 1. The van der Waals surface area contributed by atoms with Gasteiger partial charge in [-0.2, -0.15) is 0 Å². The van der Waals surface area contributed by atoms with Crippen LogP contribution in [0.4, 0.5) is 4.79 Å². The van der Waals surface area contributed by atoms with Crippen LogP contribution in [0.1, 0.15) is 31.2 Å². The zero-order valence-corrected chi connectivity index (χ0v) is 14.0. The van der Waals surface area contributed by atoms with Gasteiger partial charge in [-0.05, 0) is 39.0 Å². The molecule has 1 aromatic carbocycles. The van der Waals surface area contributed by atoms with Gasteiger partial charge in [0.2, 0.25) is 0 Å². The van der Waals surface area contributed by atoms with Crippen molar-refractivity contribution in [2.24, 2.45) is 0 Å². The fourth-order valence-corrected chi connectivity index (χ4v) is 2.63. The maximum absolute atomic E-state index is 12.2. The Hall–Kier alpha value is -2.21. The van der Waals surface area contributed by atoms with Crippen LogP contribution in [0.2, 0.25) is 0 Å². The number of hydrogen-bond acceptors (Lipinski definition) is 4. The summed E-state index contributed by atoms with van der Waals surface area (Å²) in [5.74, 6) is 1.49. The molecule has 6 nitrogen and oxygen atoms in total. The van der Waals surface area contributed by atoms with E-state index in [2.05, 4.69) is 5.32 Å². The first-order chi connectivity index (χ1) is 11.0. The monoisotopic (exact) mass is 320 g/mol. The number of likely N-dealkylation sites (N-methyl/N-ethyl adjacent to an activating group) is 1. The van der Waals surface area contributed by atoms with E-state index in [0.29, 0.717) is 13.1 Å². The number of aryl methyl sites for hydroxylation is 1. The molecule has 126 valence electrons. The molecule has 0 saturated heterocycles. The van der Waals surface area contributed by atoms with Crippen LogP contribution in [-0.2, 0) is 0 Å². The van der Waals surface area contributed by atoms with E-state index in [0.717, 1.165) is 28.0 Å². The second-order valence-corrected chi connectivity index (χ2v) is 5.43. The number of aliphatic hydroxyl groups excluding tert-OH is 1. The summed E-state index contributed by atoms with van der Waals surface area (Å²) in [4.78, 5) is 13.8. The third-order valence-corrected chi connectivity index (χ3v) is 3.95.